The van der Waals surface area contributed by atoms with Gasteiger partial charge in [0.05, 0.1) is 12.5 Å². The summed E-state index contributed by atoms with van der Waals surface area (Å²) in [4.78, 5) is 23.9. The van der Waals surface area contributed by atoms with Crippen LogP contribution in [-0.4, -0.2) is 23.7 Å². The molecule has 0 aromatic carbocycles. The number of carboxylic acids is 1. The minimum absolute atomic E-state index is 0.236. The van der Waals surface area contributed by atoms with E-state index in [0.29, 0.717) is 13.0 Å². The summed E-state index contributed by atoms with van der Waals surface area (Å²) in [6, 6.07) is 0. The predicted molar refractivity (Wildman–Crippen MR) is 52.9 cm³/mol. The summed E-state index contributed by atoms with van der Waals surface area (Å²) >= 11 is 0. The van der Waals surface area contributed by atoms with Crippen LogP contribution in [0.5, 0.6) is 0 Å². The molecule has 0 amide bonds. The molecule has 0 fully saturated rings. The van der Waals surface area contributed by atoms with Crippen molar-refractivity contribution in [3.8, 4) is 0 Å². The van der Waals surface area contributed by atoms with Gasteiger partial charge < -0.3 is 5.11 Å². The van der Waals surface area contributed by atoms with E-state index in [4.69, 9.17) is 5.11 Å². The first-order valence-electron chi connectivity index (χ1n) is 4.98. The van der Waals surface area contributed by atoms with Crippen LogP contribution in [0.2, 0.25) is 0 Å². The molecule has 1 atom stereocenters. The van der Waals surface area contributed by atoms with Crippen molar-refractivity contribution in [3.63, 3.8) is 0 Å². The van der Waals surface area contributed by atoms with E-state index in [0.717, 1.165) is 25.7 Å². The largest absolute Gasteiger partial charge is 0.481 e. The van der Waals surface area contributed by atoms with Gasteiger partial charge in [0.25, 0.3) is 0 Å². The van der Waals surface area contributed by atoms with Crippen molar-refractivity contribution < 1.29 is 14.7 Å². The molecule has 0 aliphatic rings. The Bertz CT molecular complexity index is 209. The zero-order chi connectivity index (χ0) is 10.8. The number of carbonyl (C=O) groups is 1. The zero-order valence-electron chi connectivity index (χ0n) is 8.53. The molecule has 0 aromatic heterocycles. The van der Waals surface area contributed by atoms with Gasteiger partial charge >= 0.3 is 5.97 Å². The normalized spacial score (nSPS) is 11.8. The second-order valence-electron chi connectivity index (χ2n) is 3.29. The number of aliphatic imine (C=N–C) groups is 1. The van der Waals surface area contributed by atoms with E-state index in [1.165, 1.54) is 6.08 Å². The van der Waals surface area contributed by atoms with Crippen LogP contribution in [-0.2, 0) is 9.59 Å². The van der Waals surface area contributed by atoms with Crippen molar-refractivity contribution in [1.82, 2.24) is 0 Å². The molecule has 14 heavy (non-hydrogen) atoms. The molecule has 80 valence electrons. The molecule has 0 radical (unpaired) electrons. The molecule has 0 bridgehead atoms. The van der Waals surface area contributed by atoms with Crippen molar-refractivity contribution in [2.24, 2.45) is 10.9 Å². The van der Waals surface area contributed by atoms with E-state index in [1.807, 2.05) is 6.92 Å². The maximum atomic E-state index is 10.7. The van der Waals surface area contributed by atoms with Crippen LogP contribution in [0.4, 0.5) is 0 Å². The van der Waals surface area contributed by atoms with E-state index in [2.05, 4.69) is 4.99 Å². The third-order valence-corrected chi connectivity index (χ3v) is 2.12. The van der Waals surface area contributed by atoms with Crippen LogP contribution in [0.25, 0.3) is 0 Å². The van der Waals surface area contributed by atoms with Crippen LogP contribution in [0, 0.1) is 5.92 Å². The lowest BCUT2D eigenvalue weighted by Gasteiger charge is -2.09. The first-order chi connectivity index (χ1) is 6.72. The third-order valence-electron chi connectivity index (χ3n) is 2.12. The Morgan fingerprint density at radius 3 is 2.64 bits per heavy atom. The van der Waals surface area contributed by atoms with Gasteiger partial charge in [-0.05, 0) is 19.3 Å². The van der Waals surface area contributed by atoms with Gasteiger partial charge in [0.2, 0.25) is 6.08 Å². The Hall–Kier alpha value is -1.15. The van der Waals surface area contributed by atoms with Gasteiger partial charge in [-0.15, -0.1) is 0 Å². The maximum absolute atomic E-state index is 10.7. The second kappa shape index (κ2) is 8.45. The third kappa shape index (κ3) is 6.38. The zero-order valence-corrected chi connectivity index (χ0v) is 8.53. The average Bonchev–Trinajstić information content (AvgIpc) is 2.15. The quantitative estimate of drug-likeness (QED) is 0.369. The Kier molecular flexibility index (Phi) is 7.75. The molecular formula is C10H17NO3. The van der Waals surface area contributed by atoms with Gasteiger partial charge in [-0.2, -0.15) is 0 Å². The fourth-order valence-corrected chi connectivity index (χ4v) is 1.37. The lowest BCUT2D eigenvalue weighted by atomic mass is 9.97. The Balaban J connectivity index is 3.60. The van der Waals surface area contributed by atoms with Gasteiger partial charge in [-0.25, -0.2) is 9.79 Å². The van der Waals surface area contributed by atoms with Crippen molar-refractivity contribution in [3.05, 3.63) is 0 Å². The highest BCUT2D eigenvalue weighted by molar-refractivity contribution is 5.69. The molecule has 1 unspecified atom stereocenters. The number of carboxylic acid groups (broad SMARTS) is 1. The van der Waals surface area contributed by atoms with Gasteiger partial charge in [0.1, 0.15) is 0 Å². The molecule has 4 nitrogen and oxygen atoms in total. The summed E-state index contributed by atoms with van der Waals surface area (Å²) in [6.07, 6.45) is 5.34. The first kappa shape index (κ1) is 12.8. The lowest BCUT2D eigenvalue weighted by Crippen LogP contribution is -2.13. The van der Waals surface area contributed by atoms with E-state index in [9.17, 15) is 9.59 Å². The second-order valence-corrected chi connectivity index (χ2v) is 3.29. The Labute approximate surface area is 84.0 Å². The molecule has 1 N–H and O–H groups in total. The van der Waals surface area contributed by atoms with E-state index >= 15 is 0 Å². The maximum Gasteiger partial charge on any atom is 0.306 e. The highest BCUT2D eigenvalue weighted by Crippen LogP contribution is 2.14. The topological polar surface area (TPSA) is 66.7 Å². The smallest absolute Gasteiger partial charge is 0.306 e. The molecule has 0 spiro atoms. The van der Waals surface area contributed by atoms with Gasteiger partial charge in [0.15, 0.2) is 0 Å². The molecule has 0 aromatic rings. The molecule has 0 aliphatic heterocycles. The molecule has 0 aliphatic carbocycles. The number of hydrogen-bond acceptors (Lipinski definition) is 3. The van der Waals surface area contributed by atoms with Crippen LogP contribution >= 0.6 is 0 Å². The van der Waals surface area contributed by atoms with Crippen LogP contribution < -0.4 is 0 Å². The molecule has 0 saturated heterocycles. The summed E-state index contributed by atoms with van der Waals surface area (Å²) in [7, 11) is 0. The van der Waals surface area contributed by atoms with Gasteiger partial charge in [-0.3, -0.25) is 4.79 Å². The first-order valence-corrected chi connectivity index (χ1v) is 4.98. The lowest BCUT2D eigenvalue weighted by molar-refractivity contribution is -0.142. The molecule has 4 heteroatoms. The Morgan fingerprint density at radius 1 is 1.43 bits per heavy atom. The van der Waals surface area contributed by atoms with Gasteiger partial charge in [-0.1, -0.05) is 19.8 Å². The number of carbonyl (C=O) groups excluding carboxylic acids is 1. The van der Waals surface area contributed by atoms with E-state index in [-0.39, 0.29) is 5.92 Å². The van der Waals surface area contributed by atoms with Crippen molar-refractivity contribution in [2.45, 2.75) is 39.0 Å². The van der Waals surface area contributed by atoms with Crippen molar-refractivity contribution in [1.29, 1.82) is 0 Å². The summed E-state index contributed by atoms with van der Waals surface area (Å²) < 4.78 is 0. The summed E-state index contributed by atoms with van der Waals surface area (Å²) in [5.41, 5.74) is 0. The summed E-state index contributed by atoms with van der Waals surface area (Å²) in [5.74, 6) is -0.953. The highest BCUT2D eigenvalue weighted by atomic mass is 16.4. The minimum atomic E-state index is -0.717. The number of rotatable bonds is 8. The summed E-state index contributed by atoms with van der Waals surface area (Å²) in [6.45, 7) is 2.44. The van der Waals surface area contributed by atoms with Crippen LogP contribution in [0.3, 0.4) is 0 Å². The SMILES string of the molecule is CCCC(CCCCN=C=O)C(=O)O. The molecular weight excluding hydrogens is 182 g/mol. The summed E-state index contributed by atoms with van der Waals surface area (Å²) in [5, 5.41) is 8.82. The van der Waals surface area contributed by atoms with Crippen molar-refractivity contribution >= 4 is 12.0 Å². The molecule has 0 rings (SSSR count). The highest BCUT2D eigenvalue weighted by Gasteiger charge is 2.14. The van der Waals surface area contributed by atoms with Crippen LogP contribution in [0.15, 0.2) is 4.99 Å². The van der Waals surface area contributed by atoms with Crippen LogP contribution in [0.1, 0.15) is 39.0 Å². The predicted octanol–water partition coefficient (Wildman–Crippen LogP) is 1.99. The number of hydrogen-bond donors (Lipinski definition) is 1. The van der Waals surface area contributed by atoms with E-state index in [1.54, 1.807) is 0 Å². The minimum Gasteiger partial charge on any atom is -0.481 e. The van der Waals surface area contributed by atoms with Crippen molar-refractivity contribution in [2.75, 3.05) is 6.54 Å². The number of unbranched alkanes of at least 4 members (excludes halogenated alkanes) is 1. The fraction of sp³-hybridized carbons (Fsp3) is 0.800. The standard InChI is InChI=1S/C10H17NO3/c1-2-5-9(10(13)14)6-3-4-7-11-8-12/h9H,2-7H2,1H3,(H,13,14). The van der Waals surface area contributed by atoms with E-state index < -0.39 is 5.97 Å². The number of isocyanates is 1. The molecule has 0 heterocycles. The van der Waals surface area contributed by atoms with Gasteiger partial charge in [0, 0.05) is 0 Å². The monoisotopic (exact) mass is 199 g/mol. The Morgan fingerprint density at radius 2 is 2.14 bits per heavy atom. The fourth-order valence-electron chi connectivity index (χ4n) is 1.37. The average molecular weight is 199 g/mol. The number of nitrogens with zero attached hydrogens (tertiary/aromatic N) is 1. The molecule has 0 saturated carbocycles. The number of aliphatic carboxylic acids is 1.